The van der Waals surface area contributed by atoms with Crippen LogP contribution >= 0.6 is 23.4 Å². The highest BCUT2D eigenvalue weighted by atomic mass is 35.5. The zero-order chi connectivity index (χ0) is 19.6. The van der Waals surface area contributed by atoms with Crippen LogP contribution in [0.25, 0.3) is 10.9 Å². The number of hydrogen-bond donors (Lipinski definition) is 0. The summed E-state index contributed by atoms with van der Waals surface area (Å²) in [6.07, 6.45) is 3.66. The number of pyridine rings is 1. The number of nitriles is 1. The maximum absolute atomic E-state index is 11.3. The van der Waals surface area contributed by atoms with Gasteiger partial charge in [-0.1, -0.05) is 22.8 Å². The van der Waals surface area contributed by atoms with Crippen molar-refractivity contribution in [1.82, 2.24) is 9.55 Å². The lowest BCUT2D eigenvalue weighted by atomic mass is 10.0. The van der Waals surface area contributed by atoms with Gasteiger partial charge in [0, 0.05) is 42.2 Å². The molecule has 2 heterocycles. The topological polar surface area (TPSA) is 80.3 Å². The number of rotatable bonds is 4. The quantitative estimate of drug-likeness (QED) is 0.217. The van der Waals surface area contributed by atoms with Gasteiger partial charge >= 0.3 is 5.97 Å². The summed E-state index contributed by atoms with van der Waals surface area (Å²) in [6.45, 7) is 1.28. The number of hydrogen-bond acceptors (Lipinski definition) is 6. The lowest BCUT2D eigenvalue weighted by molar-refractivity contribution is -0.140. The van der Waals surface area contributed by atoms with Gasteiger partial charge in [-0.2, -0.15) is 5.26 Å². The van der Waals surface area contributed by atoms with Gasteiger partial charge in [0.05, 0.1) is 10.6 Å². The van der Waals surface area contributed by atoms with Crippen LogP contribution in [0, 0.1) is 11.3 Å². The lowest BCUT2D eigenvalue weighted by Crippen LogP contribution is -2.07. The molecule has 0 atom stereocenters. The number of aromatic nitrogens is 2. The molecular weight excluding hydrogens is 384 g/mol. The predicted molar refractivity (Wildman–Crippen MR) is 106 cm³/mol. The van der Waals surface area contributed by atoms with Gasteiger partial charge in [0.15, 0.2) is 0 Å². The number of halogens is 1. The van der Waals surface area contributed by atoms with Crippen molar-refractivity contribution in [3.05, 3.63) is 58.4 Å². The first-order chi connectivity index (χ1) is 12.9. The molecule has 8 heteroatoms. The van der Waals surface area contributed by atoms with Crippen molar-refractivity contribution >= 4 is 45.9 Å². The van der Waals surface area contributed by atoms with Crippen molar-refractivity contribution in [2.24, 2.45) is 12.2 Å². The molecule has 1 aromatic carbocycles. The molecule has 0 saturated carbocycles. The van der Waals surface area contributed by atoms with Crippen LogP contribution in [0.2, 0.25) is 5.15 Å². The summed E-state index contributed by atoms with van der Waals surface area (Å²) in [5.41, 5.74) is 3.26. The van der Waals surface area contributed by atoms with Gasteiger partial charge in [-0.25, -0.2) is 9.78 Å². The number of oxime groups is 1. The summed E-state index contributed by atoms with van der Waals surface area (Å²) in [6, 6.07) is 11.3. The van der Waals surface area contributed by atoms with E-state index in [1.54, 1.807) is 12.3 Å². The Hall–Kier alpha value is -2.82. The van der Waals surface area contributed by atoms with E-state index < -0.39 is 5.97 Å². The van der Waals surface area contributed by atoms with Gasteiger partial charge in [-0.3, -0.25) is 0 Å². The van der Waals surface area contributed by atoms with Crippen molar-refractivity contribution in [3.8, 4) is 6.07 Å². The summed E-state index contributed by atoms with van der Waals surface area (Å²) in [7, 11) is 1.88. The molecule has 3 rings (SSSR count). The second-order valence-corrected chi connectivity index (χ2v) is 6.95. The number of aryl methyl sites for hydroxylation is 1. The molecular formula is C19H15ClN4O2S. The number of carbonyl (C=O) groups excluding carboxylic acids is 1. The van der Waals surface area contributed by atoms with Gasteiger partial charge in [0.25, 0.3) is 0 Å². The van der Waals surface area contributed by atoms with Crippen LogP contribution in [-0.4, -0.2) is 27.5 Å². The van der Waals surface area contributed by atoms with Crippen LogP contribution in [0.15, 0.2) is 46.7 Å². The van der Waals surface area contributed by atoms with Gasteiger partial charge < -0.3 is 9.40 Å². The smallest absolute Gasteiger partial charge is 0.332 e. The van der Waals surface area contributed by atoms with Crippen molar-refractivity contribution < 1.29 is 9.63 Å². The average molecular weight is 399 g/mol. The summed E-state index contributed by atoms with van der Waals surface area (Å²) in [5.74, 6) is -0.531. The Bertz CT molecular complexity index is 1110. The number of thioether (sulfide) groups is 1. The summed E-state index contributed by atoms with van der Waals surface area (Å²) in [4.78, 5) is 20.4. The molecule has 0 bridgehead atoms. The standard InChI is InChI=1S/C19H15ClN4O2S/c1-11(25)26-23-19(13-7-17(20)22-18(8-13)27-3)12-4-5-16-15(6-12)14(9-21)10-24(16)2/h4-8,10H,1-3H3/b23-19-. The lowest BCUT2D eigenvalue weighted by Gasteiger charge is -2.09. The highest BCUT2D eigenvalue weighted by Gasteiger charge is 2.15. The molecule has 0 N–H and O–H groups in total. The summed E-state index contributed by atoms with van der Waals surface area (Å²) < 4.78 is 1.88. The minimum Gasteiger partial charge on any atom is -0.349 e. The van der Waals surface area contributed by atoms with Crippen molar-refractivity contribution in [3.63, 3.8) is 0 Å². The Morgan fingerprint density at radius 2 is 2.11 bits per heavy atom. The fourth-order valence-corrected chi connectivity index (χ4v) is 3.42. The highest BCUT2D eigenvalue weighted by molar-refractivity contribution is 7.98. The molecule has 0 aliphatic carbocycles. The minimum atomic E-state index is -0.531. The number of nitrogens with zero attached hydrogens (tertiary/aromatic N) is 4. The van der Waals surface area contributed by atoms with E-state index in [0.29, 0.717) is 32.6 Å². The SMILES string of the molecule is CSc1cc(/C(=N\OC(C)=O)c2ccc3c(c2)c(C#N)cn3C)cc(Cl)n1. The third-order valence-electron chi connectivity index (χ3n) is 3.90. The van der Waals surface area contributed by atoms with Crippen LogP contribution in [0.4, 0.5) is 0 Å². The van der Waals surface area contributed by atoms with E-state index in [0.717, 1.165) is 10.9 Å². The van der Waals surface area contributed by atoms with Crippen LogP contribution in [0.1, 0.15) is 23.6 Å². The van der Waals surface area contributed by atoms with Crippen LogP contribution < -0.4 is 0 Å². The van der Waals surface area contributed by atoms with E-state index in [-0.39, 0.29) is 0 Å². The first kappa shape index (κ1) is 19.0. The number of benzene rings is 1. The predicted octanol–water partition coefficient (Wildman–Crippen LogP) is 4.14. The molecule has 0 aliphatic rings. The van der Waals surface area contributed by atoms with Gasteiger partial charge in [0.1, 0.15) is 16.9 Å². The fraction of sp³-hybridized carbons (Fsp3) is 0.158. The Morgan fingerprint density at radius 3 is 2.78 bits per heavy atom. The largest absolute Gasteiger partial charge is 0.349 e. The van der Waals surface area contributed by atoms with E-state index in [2.05, 4.69) is 16.2 Å². The van der Waals surface area contributed by atoms with Crippen LogP contribution in [0.5, 0.6) is 0 Å². The fourth-order valence-electron chi connectivity index (χ4n) is 2.72. The molecule has 0 aliphatic heterocycles. The third-order valence-corrected chi connectivity index (χ3v) is 4.72. The number of carbonyl (C=O) groups is 1. The minimum absolute atomic E-state index is 0.311. The first-order valence-electron chi connectivity index (χ1n) is 7.90. The summed E-state index contributed by atoms with van der Waals surface area (Å²) >= 11 is 7.58. The van der Waals surface area contributed by atoms with Gasteiger partial charge in [-0.15, -0.1) is 11.8 Å². The zero-order valence-electron chi connectivity index (χ0n) is 14.9. The zero-order valence-corrected chi connectivity index (χ0v) is 16.4. The highest BCUT2D eigenvalue weighted by Crippen LogP contribution is 2.25. The molecule has 2 aromatic heterocycles. The molecule has 27 heavy (non-hydrogen) atoms. The van der Waals surface area contributed by atoms with Crippen LogP contribution in [0.3, 0.4) is 0 Å². The van der Waals surface area contributed by atoms with E-state index >= 15 is 0 Å². The third kappa shape index (κ3) is 3.97. The molecule has 0 unspecified atom stereocenters. The molecule has 136 valence electrons. The van der Waals surface area contributed by atoms with E-state index in [1.165, 1.54) is 18.7 Å². The second-order valence-electron chi connectivity index (χ2n) is 5.74. The molecule has 0 saturated heterocycles. The first-order valence-corrected chi connectivity index (χ1v) is 9.50. The average Bonchev–Trinajstić information content (AvgIpc) is 2.96. The second kappa shape index (κ2) is 7.82. The monoisotopic (exact) mass is 398 g/mol. The maximum atomic E-state index is 11.3. The Morgan fingerprint density at radius 1 is 1.33 bits per heavy atom. The Labute approximate surface area is 165 Å². The maximum Gasteiger partial charge on any atom is 0.332 e. The Balaban J connectivity index is 2.21. The van der Waals surface area contributed by atoms with Crippen molar-refractivity contribution in [1.29, 1.82) is 5.26 Å². The summed E-state index contributed by atoms with van der Waals surface area (Å²) in [5, 5.41) is 15.2. The Kier molecular flexibility index (Phi) is 5.49. The molecule has 0 radical (unpaired) electrons. The molecule has 0 fully saturated rings. The van der Waals surface area contributed by atoms with Gasteiger partial charge in [-0.05, 0) is 30.5 Å². The van der Waals surface area contributed by atoms with E-state index in [9.17, 15) is 10.1 Å². The molecule has 6 nitrogen and oxygen atoms in total. The van der Waals surface area contributed by atoms with Crippen LogP contribution in [-0.2, 0) is 16.7 Å². The van der Waals surface area contributed by atoms with E-state index in [4.69, 9.17) is 16.4 Å². The normalized spacial score (nSPS) is 11.4. The van der Waals surface area contributed by atoms with E-state index in [1.807, 2.05) is 42.1 Å². The number of fused-ring (bicyclic) bond motifs is 1. The van der Waals surface area contributed by atoms with Crippen molar-refractivity contribution in [2.45, 2.75) is 11.9 Å². The molecule has 3 aromatic rings. The molecule has 0 spiro atoms. The molecule has 0 amide bonds. The van der Waals surface area contributed by atoms with Gasteiger partial charge in [0.2, 0.25) is 0 Å². The van der Waals surface area contributed by atoms with Crippen molar-refractivity contribution in [2.75, 3.05) is 6.26 Å².